The number of aliphatic hydroxyl groups is 1. The first-order valence-electron chi connectivity index (χ1n) is 7.10. The lowest BCUT2D eigenvalue weighted by molar-refractivity contribution is 0.291. The predicted octanol–water partition coefficient (Wildman–Crippen LogP) is 4.51. The summed E-state index contributed by atoms with van der Waals surface area (Å²) >= 11 is 0. The summed E-state index contributed by atoms with van der Waals surface area (Å²) in [6.45, 7) is 4.65. The van der Waals surface area contributed by atoms with Gasteiger partial charge in [-0.1, -0.05) is 13.8 Å². The molecule has 0 heterocycles. The van der Waals surface area contributed by atoms with Crippen LogP contribution in [-0.2, 0) is 0 Å². The van der Waals surface area contributed by atoms with Gasteiger partial charge >= 0.3 is 0 Å². The minimum absolute atomic E-state index is 0.0683. The van der Waals surface area contributed by atoms with Crippen LogP contribution in [0.15, 0.2) is 48.5 Å². The van der Waals surface area contributed by atoms with Crippen molar-refractivity contribution >= 4 is 11.4 Å². The van der Waals surface area contributed by atoms with Crippen LogP contribution in [0.1, 0.15) is 20.3 Å². The quantitative estimate of drug-likeness (QED) is 0.876. The highest BCUT2D eigenvalue weighted by Crippen LogP contribution is 2.25. The van der Waals surface area contributed by atoms with E-state index < -0.39 is 0 Å². The summed E-state index contributed by atoms with van der Waals surface area (Å²) in [5.41, 5.74) is 1.61. The maximum absolute atomic E-state index is 12.9. The Morgan fingerprint density at radius 1 is 0.810 bits per heavy atom. The van der Waals surface area contributed by atoms with Crippen LogP contribution in [0.3, 0.4) is 0 Å². The van der Waals surface area contributed by atoms with Gasteiger partial charge in [0.25, 0.3) is 0 Å². The van der Waals surface area contributed by atoms with E-state index >= 15 is 0 Å². The molecule has 0 aliphatic carbocycles. The third kappa shape index (κ3) is 5.16. The third-order valence-corrected chi connectivity index (χ3v) is 2.82. The number of hydrogen-bond donors (Lipinski definition) is 1. The number of hydrogen-bond acceptors (Lipinski definition) is 2. The SMILES string of the molecule is CC.OCCCN(c1ccc(F)cc1)c1ccc(F)cc1. The summed E-state index contributed by atoms with van der Waals surface area (Å²) in [6.07, 6.45) is 0.578. The molecule has 0 radical (unpaired) electrons. The molecule has 2 rings (SSSR count). The molecule has 1 N–H and O–H groups in total. The smallest absolute Gasteiger partial charge is 0.123 e. The highest BCUT2D eigenvalue weighted by molar-refractivity contribution is 5.62. The second kappa shape index (κ2) is 9.08. The van der Waals surface area contributed by atoms with E-state index in [1.54, 1.807) is 24.3 Å². The molecule has 21 heavy (non-hydrogen) atoms. The summed E-state index contributed by atoms with van der Waals surface area (Å²) in [5, 5.41) is 8.95. The Bertz CT molecular complexity index is 466. The average Bonchev–Trinajstić information content (AvgIpc) is 2.53. The standard InChI is InChI=1S/C15H15F2NO.C2H6/c16-12-2-6-14(7-3-12)18(10-1-11-19)15-8-4-13(17)5-9-15;1-2/h2-9,19H,1,10-11H2;1-2H3. The van der Waals surface area contributed by atoms with Gasteiger partial charge in [0.1, 0.15) is 11.6 Å². The molecule has 4 heteroatoms. The van der Waals surface area contributed by atoms with E-state index in [1.807, 2.05) is 18.7 Å². The van der Waals surface area contributed by atoms with Crippen LogP contribution in [0, 0.1) is 11.6 Å². The van der Waals surface area contributed by atoms with Gasteiger partial charge in [0, 0.05) is 24.5 Å². The van der Waals surface area contributed by atoms with Crippen molar-refractivity contribution in [2.75, 3.05) is 18.1 Å². The molecule has 0 saturated heterocycles. The fourth-order valence-corrected chi connectivity index (χ4v) is 1.88. The van der Waals surface area contributed by atoms with E-state index in [4.69, 9.17) is 5.11 Å². The second-order valence-electron chi connectivity index (χ2n) is 4.18. The van der Waals surface area contributed by atoms with Crippen LogP contribution < -0.4 is 4.90 Å². The summed E-state index contributed by atoms with van der Waals surface area (Å²) in [7, 11) is 0. The molecule has 0 aromatic heterocycles. The number of halogens is 2. The normalized spacial score (nSPS) is 9.76. The first-order chi connectivity index (χ1) is 10.2. The third-order valence-electron chi connectivity index (χ3n) is 2.82. The van der Waals surface area contributed by atoms with Gasteiger partial charge in [-0.25, -0.2) is 8.78 Å². The van der Waals surface area contributed by atoms with Crippen LogP contribution >= 0.6 is 0 Å². The summed E-state index contributed by atoms with van der Waals surface area (Å²) in [5.74, 6) is -0.602. The number of rotatable bonds is 5. The van der Waals surface area contributed by atoms with E-state index in [9.17, 15) is 8.78 Å². The molecule has 114 valence electrons. The molecular formula is C17H21F2NO. The van der Waals surface area contributed by atoms with E-state index in [0.717, 1.165) is 11.4 Å². The fourth-order valence-electron chi connectivity index (χ4n) is 1.88. The van der Waals surface area contributed by atoms with Crippen molar-refractivity contribution in [1.82, 2.24) is 0 Å². The van der Waals surface area contributed by atoms with Gasteiger partial charge in [0.2, 0.25) is 0 Å². The van der Waals surface area contributed by atoms with Gasteiger partial charge in [0.05, 0.1) is 0 Å². The lowest BCUT2D eigenvalue weighted by Crippen LogP contribution is -2.19. The molecule has 0 bridgehead atoms. The number of aliphatic hydroxyl groups excluding tert-OH is 1. The molecule has 0 fully saturated rings. The van der Waals surface area contributed by atoms with Gasteiger partial charge in [0.15, 0.2) is 0 Å². The van der Waals surface area contributed by atoms with Crippen LogP contribution in [0.5, 0.6) is 0 Å². The first-order valence-corrected chi connectivity index (χ1v) is 7.10. The van der Waals surface area contributed by atoms with Gasteiger partial charge in [-0.3, -0.25) is 0 Å². The first kappa shape index (κ1) is 17.1. The molecule has 0 amide bonds. The van der Waals surface area contributed by atoms with Gasteiger partial charge in [-0.2, -0.15) is 0 Å². The Balaban J connectivity index is 0.00000106. The van der Waals surface area contributed by atoms with E-state index in [0.29, 0.717) is 13.0 Å². The summed E-state index contributed by atoms with van der Waals surface area (Å²) in [4.78, 5) is 1.91. The largest absolute Gasteiger partial charge is 0.396 e. The van der Waals surface area contributed by atoms with Crippen molar-refractivity contribution in [2.45, 2.75) is 20.3 Å². The highest BCUT2D eigenvalue weighted by Gasteiger charge is 2.09. The number of anilines is 2. The monoisotopic (exact) mass is 293 g/mol. The van der Waals surface area contributed by atoms with Gasteiger partial charge in [-0.15, -0.1) is 0 Å². The van der Waals surface area contributed by atoms with Crippen molar-refractivity contribution in [3.63, 3.8) is 0 Å². The average molecular weight is 293 g/mol. The Morgan fingerprint density at radius 2 is 1.19 bits per heavy atom. The highest BCUT2D eigenvalue weighted by atomic mass is 19.1. The van der Waals surface area contributed by atoms with Crippen LogP contribution in [0.4, 0.5) is 20.2 Å². The minimum atomic E-state index is -0.301. The molecule has 0 saturated carbocycles. The Hall–Kier alpha value is -1.94. The zero-order valence-corrected chi connectivity index (χ0v) is 12.4. The molecular weight excluding hydrogens is 272 g/mol. The topological polar surface area (TPSA) is 23.5 Å². The van der Waals surface area contributed by atoms with Crippen molar-refractivity contribution in [2.24, 2.45) is 0 Å². The Kier molecular flexibility index (Phi) is 7.40. The molecule has 0 unspecified atom stereocenters. The molecule has 0 spiro atoms. The molecule has 2 aromatic rings. The number of nitrogens with zero attached hydrogens (tertiary/aromatic N) is 1. The fraction of sp³-hybridized carbons (Fsp3) is 0.294. The van der Waals surface area contributed by atoms with E-state index in [2.05, 4.69) is 0 Å². The van der Waals surface area contributed by atoms with Crippen LogP contribution in [0.2, 0.25) is 0 Å². The molecule has 2 nitrogen and oxygen atoms in total. The molecule has 0 aliphatic rings. The Morgan fingerprint density at radius 3 is 1.52 bits per heavy atom. The lowest BCUT2D eigenvalue weighted by atomic mass is 10.2. The zero-order valence-electron chi connectivity index (χ0n) is 12.4. The molecule has 2 aromatic carbocycles. The van der Waals surface area contributed by atoms with E-state index in [1.165, 1.54) is 24.3 Å². The summed E-state index contributed by atoms with van der Waals surface area (Å²) < 4.78 is 25.9. The maximum Gasteiger partial charge on any atom is 0.123 e. The van der Waals surface area contributed by atoms with Gasteiger partial charge < -0.3 is 10.0 Å². The lowest BCUT2D eigenvalue weighted by Gasteiger charge is -2.24. The van der Waals surface area contributed by atoms with Crippen LogP contribution in [-0.4, -0.2) is 18.3 Å². The maximum atomic E-state index is 12.9. The van der Waals surface area contributed by atoms with Gasteiger partial charge in [-0.05, 0) is 55.0 Å². The van der Waals surface area contributed by atoms with Crippen molar-refractivity contribution in [3.8, 4) is 0 Å². The zero-order chi connectivity index (χ0) is 15.7. The molecule has 0 atom stereocenters. The van der Waals surface area contributed by atoms with Crippen molar-refractivity contribution in [3.05, 3.63) is 60.2 Å². The van der Waals surface area contributed by atoms with Crippen molar-refractivity contribution in [1.29, 1.82) is 0 Å². The second-order valence-corrected chi connectivity index (χ2v) is 4.18. The Labute approximate surface area is 124 Å². The summed E-state index contributed by atoms with van der Waals surface area (Å²) in [6, 6.07) is 12.2. The minimum Gasteiger partial charge on any atom is -0.396 e. The van der Waals surface area contributed by atoms with Crippen molar-refractivity contribution < 1.29 is 13.9 Å². The predicted molar refractivity (Wildman–Crippen MR) is 82.9 cm³/mol. The number of benzene rings is 2. The molecule has 0 aliphatic heterocycles. The van der Waals surface area contributed by atoms with E-state index in [-0.39, 0.29) is 18.2 Å². The van der Waals surface area contributed by atoms with Crippen LogP contribution in [0.25, 0.3) is 0 Å².